The molecule has 0 aliphatic rings. The van der Waals surface area contributed by atoms with Gasteiger partial charge >= 0.3 is 0 Å². The lowest BCUT2D eigenvalue weighted by Gasteiger charge is -2.17. The van der Waals surface area contributed by atoms with Gasteiger partial charge in [-0.1, -0.05) is 25.4 Å². The van der Waals surface area contributed by atoms with Crippen molar-refractivity contribution < 1.29 is 0 Å². The summed E-state index contributed by atoms with van der Waals surface area (Å²) in [5, 5.41) is 1.69. The third-order valence-electron chi connectivity index (χ3n) is 2.27. The van der Waals surface area contributed by atoms with Crippen molar-refractivity contribution in [3.63, 3.8) is 0 Å². The maximum Gasteiger partial charge on any atom is 0.115 e. The number of halogens is 1. The van der Waals surface area contributed by atoms with Crippen molar-refractivity contribution in [2.24, 2.45) is 0 Å². The summed E-state index contributed by atoms with van der Waals surface area (Å²) in [7, 11) is 0. The second kappa shape index (κ2) is 7.09. The largest absolute Gasteiger partial charge is 0.303 e. The molecule has 0 radical (unpaired) electrons. The minimum absolute atomic E-state index is 0.752. The summed E-state index contributed by atoms with van der Waals surface area (Å²) >= 11 is 7.73. The van der Waals surface area contributed by atoms with Crippen molar-refractivity contribution >= 4 is 23.4 Å². The second-order valence-electron chi connectivity index (χ2n) is 3.17. The molecule has 15 heavy (non-hydrogen) atoms. The van der Waals surface area contributed by atoms with Crippen molar-refractivity contribution in [1.82, 2.24) is 9.88 Å². The van der Waals surface area contributed by atoms with Gasteiger partial charge in [-0.2, -0.15) is 0 Å². The van der Waals surface area contributed by atoms with Gasteiger partial charge in [0.25, 0.3) is 0 Å². The van der Waals surface area contributed by atoms with E-state index in [1.54, 1.807) is 18.0 Å². The molecule has 1 rings (SSSR count). The van der Waals surface area contributed by atoms with E-state index < -0.39 is 0 Å². The summed E-state index contributed by atoms with van der Waals surface area (Å²) in [5.74, 6) is 1.04. The van der Waals surface area contributed by atoms with E-state index in [-0.39, 0.29) is 0 Å². The number of thioether (sulfide) groups is 1. The fourth-order valence-corrected chi connectivity index (χ4v) is 2.46. The van der Waals surface area contributed by atoms with Gasteiger partial charge in [-0.3, -0.25) is 0 Å². The quantitative estimate of drug-likeness (QED) is 0.716. The van der Waals surface area contributed by atoms with E-state index in [4.69, 9.17) is 11.6 Å². The summed E-state index contributed by atoms with van der Waals surface area (Å²) in [6.07, 6.45) is 1.78. The SMILES string of the molecule is CCN(CC)CCSc1ncccc1Cl. The lowest BCUT2D eigenvalue weighted by atomic mass is 10.5. The monoisotopic (exact) mass is 244 g/mol. The zero-order chi connectivity index (χ0) is 11.1. The summed E-state index contributed by atoms with van der Waals surface area (Å²) in [4.78, 5) is 6.63. The molecule has 1 aromatic heterocycles. The number of pyridine rings is 1. The van der Waals surface area contributed by atoms with E-state index in [2.05, 4.69) is 23.7 Å². The zero-order valence-corrected chi connectivity index (χ0v) is 10.8. The van der Waals surface area contributed by atoms with Gasteiger partial charge in [0.1, 0.15) is 5.03 Å². The van der Waals surface area contributed by atoms with E-state index in [9.17, 15) is 0 Å². The molecule has 0 saturated carbocycles. The molecule has 0 spiro atoms. The minimum Gasteiger partial charge on any atom is -0.303 e. The minimum atomic E-state index is 0.752. The molecule has 1 heterocycles. The van der Waals surface area contributed by atoms with E-state index in [0.717, 1.165) is 35.4 Å². The van der Waals surface area contributed by atoms with Crippen LogP contribution in [0.5, 0.6) is 0 Å². The molecule has 0 aliphatic carbocycles. The zero-order valence-electron chi connectivity index (χ0n) is 9.24. The molecule has 0 saturated heterocycles. The van der Waals surface area contributed by atoms with Crippen LogP contribution in [0.1, 0.15) is 13.8 Å². The molecule has 0 unspecified atom stereocenters. The van der Waals surface area contributed by atoms with Gasteiger partial charge in [-0.25, -0.2) is 4.98 Å². The van der Waals surface area contributed by atoms with E-state index in [0.29, 0.717) is 0 Å². The van der Waals surface area contributed by atoms with Gasteiger partial charge in [0.2, 0.25) is 0 Å². The van der Waals surface area contributed by atoms with Gasteiger partial charge in [0.15, 0.2) is 0 Å². The highest BCUT2D eigenvalue weighted by molar-refractivity contribution is 7.99. The maximum absolute atomic E-state index is 6.01. The van der Waals surface area contributed by atoms with Crippen molar-refractivity contribution in [3.8, 4) is 0 Å². The summed E-state index contributed by atoms with van der Waals surface area (Å²) in [6.45, 7) is 7.66. The predicted molar refractivity (Wildman–Crippen MR) is 67.8 cm³/mol. The van der Waals surface area contributed by atoms with Gasteiger partial charge < -0.3 is 4.90 Å². The molecule has 0 N–H and O–H groups in total. The highest BCUT2D eigenvalue weighted by atomic mass is 35.5. The predicted octanol–water partition coefficient (Wildman–Crippen LogP) is 3.17. The average Bonchev–Trinajstić information content (AvgIpc) is 2.27. The third-order valence-corrected chi connectivity index (χ3v) is 3.67. The van der Waals surface area contributed by atoms with E-state index in [1.807, 2.05) is 12.1 Å². The van der Waals surface area contributed by atoms with Crippen LogP contribution in [0, 0.1) is 0 Å². The molecule has 0 aliphatic heterocycles. The van der Waals surface area contributed by atoms with Crippen LogP contribution in [0.15, 0.2) is 23.4 Å². The highest BCUT2D eigenvalue weighted by Crippen LogP contribution is 2.23. The molecule has 0 atom stereocenters. The smallest absolute Gasteiger partial charge is 0.115 e. The van der Waals surface area contributed by atoms with Gasteiger partial charge in [0.05, 0.1) is 5.02 Å². The normalized spacial score (nSPS) is 10.9. The topological polar surface area (TPSA) is 16.1 Å². The standard InChI is InChI=1S/C11H17ClN2S/c1-3-14(4-2)8-9-15-11-10(12)6-5-7-13-11/h5-7H,3-4,8-9H2,1-2H3. The van der Waals surface area contributed by atoms with Crippen molar-refractivity contribution in [2.75, 3.05) is 25.4 Å². The third kappa shape index (κ3) is 4.41. The Hall–Kier alpha value is -0.250. The van der Waals surface area contributed by atoms with Crippen LogP contribution in [0.4, 0.5) is 0 Å². The summed E-state index contributed by atoms with van der Waals surface area (Å²) in [5.41, 5.74) is 0. The summed E-state index contributed by atoms with van der Waals surface area (Å²) in [6, 6.07) is 3.74. The lowest BCUT2D eigenvalue weighted by molar-refractivity contribution is 0.324. The molecule has 0 amide bonds. The van der Waals surface area contributed by atoms with Crippen LogP contribution < -0.4 is 0 Å². The number of nitrogens with zero attached hydrogens (tertiary/aromatic N) is 2. The van der Waals surface area contributed by atoms with Gasteiger partial charge in [-0.15, -0.1) is 11.8 Å². The van der Waals surface area contributed by atoms with Crippen molar-refractivity contribution in [3.05, 3.63) is 23.4 Å². The van der Waals surface area contributed by atoms with Crippen LogP contribution in [0.3, 0.4) is 0 Å². The Morgan fingerprint density at radius 3 is 2.73 bits per heavy atom. The Morgan fingerprint density at radius 2 is 2.13 bits per heavy atom. The molecule has 4 heteroatoms. The fourth-order valence-electron chi connectivity index (χ4n) is 1.29. The molecule has 1 aromatic rings. The molecular formula is C11H17ClN2S. The highest BCUT2D eigenvalue weighted by Gasteiger charge is 2.03. The van der Waals surface area contributed by atoms with Crippen LogP contribution in [-0.2, 0) is 0 Å². The number of hydrogen-bond donors (Lipinski definition) is 0. The van der Waals surface area contributed by atoms with Crippen molar-refractivity contribution in [2.45, 2.75) is 18.9 Å². The Bertz CT molecular complexity index is 290. The fraction of sp³-hybridized carbons (Fsp3) is 0.545. The second-order valence-corrected chi connectivity index (χ2v) is 4.66. The Balaban J connectivity index is 2.34. The van der Waals surface area contributed by atoms with Gasteiger partial charge in [0, 0.05) is 18.5 Å². The molecule has 0 aromatic carbocycles. The average molecular weight is 245 g/mol. The Morgan fingerprint density at radius 1 is 1.40 bits per heavy atom. The van der Waals surface area contributed by atoms with Crippen LogP contribution in [0.2, 0.25) is 5.02 Å². The first-order valence-electron chi connectivity index (χ1n) is 5.23. The number of hydrogen-bond acceptors (Lipinski definition) is 3. The first kappa shape index (κ1) is 12.8. The van der Waals surface area contributed by atoms with Crippen molar-refractivity contribution in [1.29, 1.82) is 0 Å². The lowest BCUT2D eigenvalue weighted by Crippen LogP contribution is -2.25. The number of rotatable bonds is 6. The van der Waals surface area contributed by atoms with E-state index >= 15 is 0 Å². The molecule has 2 nitrogen and oxygen atoms in total. The first-order valence-corrected chi connectivity index (χ1v) is 6.60. The van der Waals surface area contributed by atoms with Crippen LogP contribution in [-0.4, -0.2) is 35.3 Å². The Kier molecular flexibility index (Phi) is 6.06. The molecular weight excluding hydrogens is 228 g/mol. The van der Waals surface area contributed by atoms with Crippen LogP contribution >= 0.6 is 23.4 Å². The number of aromatic nitrogens is 1. The molecule has 0 fully saturated rings. The van der Waals surface area contributed by atoms with E-state index in [1.165, 1.54) is 0 Å². The first-order chi connectivity index (χ1) is 7.27. The van der Waals surface area contributed by atoms with Gasteiger partial charge in [-0.05, 0) is 25.2 Å². The molecule has 84 valence electrons. The van der Waals surface area contributed by atoms with Crippen LogP contribution in [0.25, 0.3) is 0 Å². The Labute approximate surface area is 101 Å². The summed E-state index contributed by atoms with van der Waals surface area (Å²) < 4.78 is 0. The maximum atomic E-state index is 6.01. The molecule has 0 bridgehead atoms.